The van der Waals surface area contributed by atoms with Gasteiger partial charge in [0.25, 0.3) is 0 Å². The van der Waals surface area contributed by atoms with Crippen LogP contribution in [0.1, 0.15) is 23.6 Å². The molecule has 0 fully saturated rings. The fraction of sp³-hybridized carbons (Fsp3) is 0.250. The molecule has 0 aliphatic heterocycles. The summed E-state index contributed by atoms with van der Waals surface area (Å²) in [6.45, 7) is 4.47. The van der Waals surface area contributed by atoms with E-state index in [-0.39, 0.29) is 5.82 Å². The Morgan fingerprint density at radius 1 is 1.06 bits per heavy atom. The number of rotatable bonds is 4. The lowest BCUT2D eigenvalue weighted by Gasteiger charge is -2.09. The predicted octanol–water partition coefficient (Wildman–Crippen LogP) is 4.28. The van der Waals surface area contributed by atoms with Gasteiger partial charge in [-0.3, -0.25) is 0 Å². The first-order valence-corrected chi connectivity index (χ1v) is 6.16. The van der Waals surface area contributed by atoms with E-state index in [1.54, 1.807) is 6.07 Å². The topological polar surface area (TPSA) is 9.23 Å². The van der Waals surface area contributed by atoms with Crippen molar-refractivity contribution in [2.45, 2.75) is 26.9 Å². The van der Waals surface area contributed by atoms with Gasteiger partial charge < -0.3 is 4.74 Å². The lowest BCUT2D eigenvalue weighted by Crippen LogP contribution is -1.98. The van der Waals surface area contributed by atoms with Crippen LogP contribution in [-0.4, -0.2) is 0 Å². The lowest BCUT2D eigenvalue weighted by molar-refractivity contribution is 0.304. The summed E-state index contributed by atoms with van der Waals surface area (Å²) >= 11 is 0. The normalized spacial score (nSPS) is 10.4. The minimum atomic E-state index is -0.222. The van der Waals surface area contributed by atoms with Crippen molar-refractivity contribution >= 4 is 0 Å². The fourth-order valence-electron chi connectivity index (χ4n) is 1.78. The van der Waals surface area contributed by atoms with E-state index in [9.17, 15) is 4.39 Å². The molecule has 0 bridgehead atoms. The summed E-state index contributed by atoms with van der Waals surface area (Å²) in [5.41, 5.74) is 3.21. The fourth-order valence-corrected chi connectivity index (χ4v) is 1.78. The molecule has 0 aliphatic carbocycles. The Balaban J connectivity index is 2.04. The molecule has 0 amide bonds. The molecule has 2 aromatic carbocycles. The van der Waals surface area contributed by atoms with Crippen molar-refractivity contribution in [2.75, 3.05) is 0 Å². The van der Waals surface area contributed by atoms with Crippen molar-refractivity contribution in [2.24, 2.45) is 0 Å². The SMILES string of the molecule is CCc1ccc(OCc2cc(F)ccc2C)cc1. The van der Waals surface area contributed by atoms with Gasteiger partial charge in [-0.25, -0.2) is 4.39 Å². The molecule has 0 aliphatic rings. The van der Waals surface area contributed by atoms with Crippen molar-refractivity contribution in [1.29, 1.82) is 0 Å². The Morgan fingerprint density at radius 3 is 2.44 bits per heavy atom. The van der Waals surface area contributed by atoms with Crippen molar-refractivity contribution < 1.29 is 9.13 Å². The van der Waals surface area contributed by atoms with E-state index in [0.29, 0.717) is 6.61 Å². The number of ether oxygens (including phenoxy) is 1. The highest BCUT2D eigenvalue weighted by atomic mass is 19.1. The average Bonchev–Trinajstić information content (AvgIpc) is 2.40. The van der Waals surface area contributed by atoms with Crippen molar-refractivity contribution in [3.63, 3.8) is 0 Å². The van der Waals surface area contributed by atoms with Crippen LogP contribution in [-0.2, 0) is 13.0 Å². The largest absolute Gasteiger partial charge is 0.489 e. The first-order valence-electron chi connectivity index (χ1n) is 6.16. The third-order valence-electron chi connectivity index (χ3n) is 3.04. The molecule has 1 nitrogen and oxygen atoms in total. The Labute approximate surface area is 107 Å². The first-order chi connectivity index (χ1) is 8.69. The molecule has 0 spiro atoms. The maximum atomic E-state index is 13.1. The number of hydrogen-bond acceptors (Lipinski definition) is 1. The van der Waals surface area contributed by atoms with Crippen LogP contribution in [0, 0.1) is 12.7 Å². The molecular formula is C16H17FO. The highest BCUT2D eigenvalue weighted by Gasteiger charge is 2.02. The molecule has 18 heavy (non-hydrogen) atoms. The van der Waals surface area contributed by atoms with Gasteiger partial charge in [-0.05, 0) is 54.3 Å². The molecule has 0 saturated heterocycles. The molecule has 0 atom stereocenters. The molecule has 0 unspecified atom stereocenters. The van der Waals surface area contributed by atoms with Gasteiger partial charge in [0.15, 0.2) is 0 Å². The standard InChI is InChI=1S/C16H17FO/c1-3-13-5-8-16(9-6-13)18-11-14-10-15(17)7-4-12(14)2/h4-10H,3,11H2,1-2H3. The van der Waals surface area contributed by atoms with Gasteiger partial charge in [-0.2, -0.15) is 0 Å². The maximum absolute atomic E-state index is 13.1. The lowest BCUT2D eigenvalue weighted by atomic mass is 10.1. The van der Waals surface area contributed by atoms with Crippen molar-refractivity contribution in [3.05, 3.63) is 65.0 Å². The van der Waals surface area contributed by atoms with Gasteiger partial charge in [-0.15, -0.1) is 0 Å². The monoisotopic (exact) mass is 244 g/mol. The molecule has 2 rings (SSSR count). The summed E-state index contributed by atoms with van der Waals surface area (Å²) in [6, 6.07) is 12.8. The molecule has 2 heteroatoms. The predicted molar refractivity (Wildman–Crippen MR) is 71.3 cm³/mol. The van der Waals surface area contributed by atoms with Gasteiger partial charge in [0.2, 0.25) is 0 Å². The first kappa shape index (κ1) is 12.6. The summed E-state index contributed by atoms with van der Waals surface area (Å²) < 4.78 is 18.8. The van der Waals surface area contributed by atoms with Gasteiger partial charge >= 0.3 is 0 Å². The van der Waals surface area contributed by atoms with Crippen LogP contribution in [0.4, 0.5) is 4.39 Å². The molecule has 0 radical (unpaired) electrons. The van der Waals surface area contributed by atoms with Crippen LogP contribution < -0.4 is 4.74 Å². The van der Waals surface area contributed by atoms with Crippen LogP contribution in [0.25, 0.3) is 0 Å². The number of aryl methyl sites for hydroxylation is 2. The van der Waals surface area contributed by atoms with Gasteiger partial charge in [0.05, 0.1) is 0 Å². The zero-order valence-electron chi connectivity index (χ0n) is 10.7. The highest BCUT2D eigenvalue weighted by molar-refractivity contribution is 5.29. The van der Waals surface area contributed by atoms with E-state index in [1.165, 1.54) is 17.7 Å². The minimum Gasteiger partial charge on any atom is -0.489 e. The zero-order chi connectivity index (χ0) is 13.0. The molecule has 0 aromatic heterocycles. The third-order valence-corrected chi connectivity index (χ3v) is 3.04. The van der Waals surface area contributed by atoms with E-state index in [0.717, 1.165) is 23.3 Å². The van der Waals surface area contributed by atoms with E-state index in [4.69, 9.17) is 4.74 Å². The van der Waals surface area contributed by atoms with Crippen LogP contribution in [0.5, 0.6) is 5.75 Å². The molecule has 94 valence electrons. The second-order valence-electron chi connectivity index (χ2n) is 4.36. The molecule has 0 saturated carbocycles. The summed E-state index contributed by atoms with van der Waals surface area (Å²) in [7, 11) is 0. The van der Waals surface area contributed by atoms with E-state index in [2.05, 4.69) is 6.92 Å². The number of benzene rings is 2. The van der Waals surface area contributed by atoms with Crippen LogP contribution in [0.3, 0.4) is 0 Å². The summed E-state index contributed by atoms with van der Waals surface area (Å²) in [5.74, 6) is 0.594. The van der Waals surface area contributed by atoms with Crippen molar-refractivity contribution in [3.8, 4) is 5.75 Å². The van der Waals surface area contributed by atoms with Crippen LogP contribution >= 0.6 is 0 Å². The Hall–Kier alpha value is -1.83. The second-order valence-corrected chi connectivity index (χ2v) is 4.36. The molecule has 0 N–H and O–H groups in total. The molecule has 2 aromatic rings. The summed E-state index contributed by atoms with van der Waals surface area (Å²) in [6.07, 6.45) is 1.02. The third kappa shape index (κ3) is 3.10. The van der Waals surface area contributed by atoms with Gasteiger partial charge in [0.1, 0.15) is 18.2 Å². The van der Waals surface area contributed by atoms with Crippen LogP contribution in [0.15, 0.2) is 42.5 Å². The number of halogens is 1. The maximum Gasteiger partial charge on any atom is 0.123 e. The average molecular weight is 244 g/mol. The van der Waals surface area contributed by atoms with E-state index < -0.39 is 0 Å². The molecule has 0 heterocycles. The smallest absolute Gasteiger partial charge is 0.123 e. The van der Waals surface area contributed by atoms with Crippen LogP contribution in [0.2, 0.25) is 0 Å². The van der Waals surface area contributed by atoms with Gasteiger partial charge in [-0.1, -0.05) is 25.1 Å². The Bertz CT molecular complexity index is 517. The Kier molecular flexibility index (Phi) is 3.98. The van der Waals surface area contributed by atoms with E-state index in [1.807, 2.05) is 31.2 Å². The second kappa shape index (κ2) is 5.67. The van der Waals surface area contributed by atoms with Crippen molar-refractivity contribution in [1.82, 2.24) is 0 Å². The quantitative estimate of drug-likeness (QED) is 0.780. The summed E-state index contributed by atoms with van der Waals surface area (Å²) in [5, 5.41) is 0. The summed E-state index contributed by atoms with van der Waals surface area (Å²) in [4.78, 5) is 0. The highest BCUT2D eigenvalue weighted by Crippen LogP contribution is 2.16. The zero-order valence-corrected chi connectivity index (χ0v) is 10.7. The molecular weight excluding hydrogens is 227 g/mol. The van der Waals surface area contributed by atoms with E-state index >= 15 is 0 Å². The van der Waals surface area contributed by atoms with Gasteiger partial charge in [0, 0.05) is 0 Å². The Morgan fingerprint density at radius 2 is 1.78 bits per heavy atom. The minimum absolute atomic E-state index is 0.222. The number of hydrogen-bond donors (Lipinski definition) is 0.